The number of anilines is 1. The molecule has 4 unspecified atom stereocenters. The molecule has 1 aliphatic carbocycles. The maximum absolute atomic E-state index is 6.21. The maximum Gasteiger partial charge on any atom is 0.132 e. The van der Waals surface area contributed by atoms with Crippen molar-refractivity contribution in [1.82, 2.24) is 20.8 Å². The lowest BCUT2D eigenvalue weighted by atomic mass is 9.79. The number of ether oxygens (including phenoxy) is 3. The van der Waals surface area contributed by atoms with Gasteiger partial charge in [-0.25, -0.2) is 15.4 Å². The van der Waals surface area contributed by atoms with E-state index in [4.69, 9.17) is 14.2 Å². The van der Waals surface area contributed by atoms with Crippen LogP contribution in [-0.2, 0) is 14.2 Å². The van der Waals surface area contributed by atoms with Gasteiger partial charge in [0, 0.05) is 38.2 Å². The van der Waals surface area contributed by atoms with E-state index in [0.717, 1.165) is 57.1 Å². The molecule has 0 aromatic carbocycles. The number of nitrogens with zero attached hydrogens (tertiary/aromatic N) is 3. The van der Waals surface area contributed by atoms with Gasteiger partial charge in [0.2, 0.25) is 0 Å². The Morgan fingerprint density at radius 3 is 2.93 bits per heavy atom. The molecule has 4 rings (SSSR count). The van der Waals surface area contributed by atoms with E-state index in [1.807, 2.05) is 0 Å². The number of hydrazine groups is 1. The van der Waals surface area contributed by atoms with Crippen LogP contribution in [0.1, 0.15) is 37.9 Å². The number of hydrogen-bond donors (Lipinski definition) is 2. The Hall–Kier alpha value is -1.32. The lowest BCUT2D eigenvalue weighted by Gasteiger charge is -2.34. The van der Waals surface area contributed by atoms with Crippen LogP contribution in [0.4, 0.5) is 5.82 Å². The second-order valence-electron chi connectivity index (χ2n) is 7.77. The molecule has 1 aromatic rings. The van der Waals surface area contributed by atoms with Crippen molar-refractivity contribution in [3.8, 4) is 0 Å². The van der Waals surface area contributed by atoms with E-state index in [9.17, 15) is 0 Å². The first-order valence-electron chi connectivity index (χ1n) is 10.0. The predicted molar refractivity (Wildman–Crippen MR) is 101 cm³/mol. The molecule has 3 heterocycles. The molecule has 2 saturated heterocycles. The van der Waals surface area contributed by atoms with E-state index < -0.39 is 0 Å². The molecule has 3 fully saturated rings. The summed E-state index contributed by atoms with van der Waals surface area (Å²) in [5.41, 5.74) is 8.01. The van der Waals surface area contributed by atoms with Gasteiger partial charge in [-0.05, 0) is 26.2 Å². The predicted octanol–water partition coefficient (Wildman–Crippen LogP) is 1.05. The SMILES string of the molecule is COC[C@@H](C)OC1CCC2NNC(c3cc(N4CCOCC4)ncn3)C2C1. The fourth-order valence-corrected chi connectivity index (χ4v) is 4.53. The highest BCUT2D eigenvalue weighted by molar-refractivity contribution is 5.40. The van der Waals surface area contributed by atoms with Gasteiger partial charge in [0.15, 0.2) is 0 Å². The van der Waals surface area contributed by atoms with Crippen LogP contribution in [0, 0.1) is 5.92 Å². The Kier molecular flexibility index (Phi) is 6.19. The molecule has 0 amide bonds. The third-order valence-electron chi connectivity index (χ3n) is 5.86. The topological polar surface area (TPSA) is 80.8 Å². The normalized spacial score (nSPS) is 32.3. The van der Waals surface area contributed by atoms with Crippen molar-refractivity contribution in [3.05, 3.63) is 18.1 Å². The van der Waals surface area contributed by atoms with Crippen LogP contribution >= 0.6 is 0 Å². The Bertz CT molecular complexity index is 613. The van der Waals surface area contributed by atoms with Crippen molar-refractivity contribution >= 4 is 5.82 Å². The second-order valence-corrected chi connectivity index (χ2v) is 7.77. The first-order valence-corrected chi connectivity index (χ1v) is 10.0. The van der Waals surface area contributed by atoms with Crippen LogP contribution < -0.4 is 15.8 Å². The van der Waals surface area contributed by atoms with Crippen molar-refractivity contribution in [3.63, 3.8) is 0 Å². The second kappa shape index (κ2) is 8.79. The molecule has 3 aliphatic rings. The molecule has 5 atom stereocenters. The molecule has 1 saturated carbocycles. The van der Waals surface area contributed by atoms with E-state index >= 15 is 0 Å². The van der Waals surface area contributed by atoms with E-state index in [2.05, 4.69) is 38.7 Å². The summed E-state index contributed by atoms with van der Waals surface area (Å²) in [7, 11) is 1.72. The molecule has 2 N–H and O–H groups in total. The quantitative estimate of drug-likeness (QED) is 0.762. The molecule has 0 spiro atoms. The van der Waals surface area contributed by atoms with Crippen molar-refractivity contribution in [2.45, 2.75) is 50.5 Å². The van der Waals surface area contributed by atoms with Crippen LogP contribution in [0.3, 0.4) is 0 Å². The zero-order chi connectivity index (χ0) is 18.6. The Labute approximate surface area is 160 Å². The largest absolute Gasteiger partial charge is 0.382 e. The molecule has 1 aromatic heterocycles. The first-order chi connectivity index (χ1) is 13.2. The molecule has 150 valence electrons. The lowest BCUT2D eigenvalue weighted by Crippen LogP contribution is -2.38. The average molecular weight is 377 g/mol. The van der Waals surface area contributed by atoms with Crippen LogP contribution in [0.2, 0.25) is 0 Å². The van der Waals surface area contributed by atoms with E-state index in [1.54, 1.807) is 13.4 Å². The van der Waals surface area contributed by atoms with Gasteiger partial charge in [-0.2, -0.15) is 0 Å². The monoisotopic (exact) mass is 377 g/mol. The summed E-state index contributed by atoms with van der Waals surface area (Å²) in [6.07, 6.45) is 5.32. The highest BCUT2D eigenvalue weighted by atomic mass is 16.5. The number of fused-ring (bicyclic) bond motifs is 1. The Morgan fingerprint density at radius 2 is 2.11 bits per heavy atom. The highest BCUT2D eigenvalue weighted by Crippen LogP contribution is 2.39. The van der Waals surface area contributed by atoms with Gasteiger partial charge in [-0.1, -0.05) is 0 Å². The first kappa shape index (κ1) is 19.0. The zero-order valence-electron chi connectivity index (χ0n) is 16.3. The number of nitrogens with one attached hydrogen (secondary N) is 2. The minimum Gasteiger partial charge on any atom is -0.382 e. The fraction of sp³-hybridized carbons (Fsp3) is 0.789. The Morgan fingerprint density at radius 1 is 1.26 bits per heavy atom. The number of methoxy groups -OCH3 is 1. The molecular formula is C19H31N5O3. The van der Waals surface area contributed by atoms with Gasteiger partial charge in [-0.15, -0.1) is 0 Å². The Balaban J connectivity index is 1.44. The number of morpholine rings is 1. The van der Waals surface area contributed by atoms with Crippen molar-refractivity contribution in [2.24, 2.45) is 5.92 Å². The van der Waals surface area contributed by atoms with E-state index in [-0.39, 0.29) is 18.2 Å². The fourth-order valence-electron chi connectivity index (χ4n) is 4.53. The van der Waals surface area contributed by atoms with Gasteiger partial charge in [0.25, 0.3) is 0 Å². The van der Waals surface area contributed by atoms with Crippen LogP contribution in [0.25, 0.3) is 0 Å². The lowest BCUT2D eigenvalue weighted by molar-refractivity contribution is -0.0623. The third kappa shape index (κ3) is 4.41. The summed E-state index contributed by atoms with van der Waals surface area (Å²) in [5, 5.41) is 0. The summed E-state index contributed by atoms with van der Waals surface area (Å²) >= 11 is 0. The molecular weight excluding hydrogens is 346 g/mol. The van der Waals surface area contributed by atoms with Crippen molar-refractivity contribution < 1.29 is 14.2 Å². The molecule has 8 nitrogen and oxygen atoms in total. The van der Waals surface area contributed by atoms with Crippen LogP contribution in [0.5, 0.6) is 0 Å². The molecule has 0 radical (unpaired) electrons. The van der Waals surface area contributed by atoms with Crippen molar-refractivity contribution in [2.75, 3.05) is 44.9 Å². The molecule has 2 aliphatic heterocycles. The molecule has 0 bridgehead atoms. The van der Waals surface area contributed by atoms with E-state index in [1.165, 1.54) is 0 Å². The summed E-state index contributed by atoms with van der Waals surface area (Å²) < 4.78 is 16.9. The van der Waals surface area contributed by atoms with Gasteiger partial charge in [0.05, 0.1) is 43.8 Å². The van der Waals surface area contributed by atoms with E-state index in [0.29, 0.717) is 18.6 Å². The molecule has 8 heteroatoms. The average Bonchev–Trinajstić information content (AvgIpc) is 3.12. The number of hydrogen-bond acceptors (Lipinski definition) is 8. The van der Waals surface area contributed by atoms with Gasteiger partial charge in [-0.3, -0.25) is 5.43 Å². The minimum absolute atomic E-state index is 0.129. The van der Waals surface area contributed by atoms with Crippen LogP contribution in [0.15, 0.2) is 12.4 Å². The number of aromatic nitrogens is 2. The van der Waals surface area contributed by atoms with Crippen molar-refractivity contribution in [1.29, 1.82) is 0 Å². The minimum atomic E-state index is 0.129. The van der Waals surface area contributed by atoms with Gasteiger partial charge >= 0.3 is 0 Å². The molecule has 27 heavy (non-hydrogen) atoms. The third-order valence-corrected chi connectivity index (χ3v) is 5.86. The standard InChI is InChI=1S/C19H31N5O3/c1-13(11-25-2)27-14-3-4-16-15(9-14)19(23-22-16)17-10-18(21-12-20-17)24-5-7-26-8-6-24/h10,12-16,19,22-23H,3-9,11H2,1-2H3/t13-,14?,15?,16?,19?/m1/s1. The summed E-state index contributed by atoms with van der Waals surface area (Å²) in [6, 6.07) is 2.78. The maximum atomic E-state index is 6.21. The van der Waals surface area contributed by atoms with Crippen LogP contribution in [-0.4, -0.2) is 68.2 Å². The number of rotatable bonds is 6. The van der Waals surface area contributed by atoms with Gasteiger partial charge < -0.3 is 19.1 Å². The summed E-state index contributed by atoms with van der Waals surface area (Å²) in [5.74, 6) is 1.46. The smallest absolute Gasteiger partial charge is 0.132 e. The zero-order valence-corrected chi connectivity index (χ0v) is 16.3. The summed E-state index contributed by atoms with van der Waals surface area (Å²) in [4.78, 5) is 11.3. The highest BCUT2D eigenvalue weighted by Gasteiger charge is 2.42. The summed E-state index contributed by atoms with van der Waals surface area (Å²) in [6.45, 7) is 5.99. The van der Waals surface area contributed by atoms with Gasteiger partial charge in [0.1, 0.15) is 12.1 Å².